The van der Waals surface area contributed by atoms with Crippen molar-refractivity contribution >= 4 is 23.9 Å². The SMILES string of the molecule is CCO[C@@H]1O[C@@H]([C@@H](COC(C)=O)OC(C)=O)[C@H](OC(C)=O)[C@H]1OC(C)=O. The molecule has 0 bridgehead atoms. The number of rotatable bonds is 8. The van der Waals surface area contributed by atoms with E-state index in [1.54, 1.807) is 6.92 Å². The maximum atomic E-state index is 11.5. The molecule has 0 aliphatic carbocycles. The van der Waals surface area contributed by atoms with Gasteiger partial charge in [-0.15, -0.1) is 0 Å². The molecule has 1 aliphatic rings. The minimum Gasteiger partial charge on any atom is -0.462 e. The Morgan fingerprint density at radius 3 is 1.92 bits per heavy atom. The number of carbonyl (C=O) groups excluding carboxylic acids is 4. The van der Waals surface area contributed by atoms with Gasteiger partial charge in [-0.05, 0) is 6.92 Å². The van der Waals surface area contributed by atoms with Crippen LogP contribution in [0.25, 0.3) is 0 Å². The molecular weight excluding hydrogens is 352 g/mol. The lowest BCUT2D eigenvalue weighted by Crippen LogP contribution is -2.46. The monoisotopic (exact) mass is 376 g/mol. The first-order valence-corrected chi connectivity index (χ1v) is 8.07. The van der Waals surface area contributed by atoms with E-state index in [1.165, 1.54) is 27.7 Å². The van der Waals surface area contributed by atoms with Gasteiger partial charge >= 0.3 is 23.9 Å². The summed E-state index contributed by atoms with van der Waals surface area (Å²) in [6.07, 6.45) is -5.40. The van der Waals surface area contributed by atoms with Crippen molar-refractivity contribution in [1.82, 2.24) is 0 Å². The molecule has 1 aliphatic heterocycles. The average Bonchev–Trinajstić information content (AvgIpc) is 2.80. The first-order valence-electron chi connectivity index (χ1n) is 8.07. The van der Waals surface area contributed by atoms with Crippen molar-refractivity contribution in [2.24, 2.45) is 0 Å². The van der Waals surface area contributed by atoms with Crippen LogP contribution >= 0.6 is 0 Å². The van der Waals surface area contributed by atoms with Crippen LogP contribution in [-0.4, -0.2) is 67.8 Å². The summed E-state index contributed by atoms with van der Waals surface area (Å²) in [5.41, 5.74) is 0. The maximum Gasteiger partial charge on any atom is 0.303 e. The van der Waals surface area contributed by atoms with E-state index in [2.05, 4.69) is 0 Å². The molecule has 0 aromatic heterocycles. The normalized spacial score (nSPS) is 25.9. The van der Waals surface area contributed by atoms with Crippen molar-refractivity contribution in [1.29, 1.82) is 0 Å². The van der Waals surface area contributed by atoms with Crippen molar-refractivity contribution in [3.63, 3.8) is 0 Å². The van der Waals surface area contributed by atoms with Crippen LogP contribution in [0.1, 0.15) is 34.6 Å². The quantitative estimate of drug-likeness (QED) is 0.426. The highest BCUT2D eigenvalue weighted by molar-refractivity contribution is 5.68. The lowest BCUT2D eigenvalue weighted by Gasteiger charge is -2.27. The predicted octanol–water partition coefficient (Wildman–Crippen LogP) is 0.106. The van der Waals surface area contributed by atoms with Gasteiger partial charge in [0, 0.05) is 34.3 Å². The van der Waals surface area contributed by atoms with Crippen molar-refractivity contribution in [2.75, 3.05) is 13.2 Å². The van der Waals surface area contributed by atoms with Gasteiger partial charge in [0.25, 0.3) is 0 Å². The predicted molar refractivity (Wildman–Crippen MR) is 83.6 cm³/mol. The molecule has 0 unspecified atom stereocenters. The molecule has 1 heterocycles. The molecule has 0 aromatic rings. The molecule has 0 aromatic carbocycles. The van der Waals surface area contributed by atoms with Crippen molar-refractivity contribution in [3.05, 3.63) is 0 Å². The Bertz CT molecular complexity index is 531. The van der Waals surface area contributed by atoms with Crippen molar-refractivity contribution in [2.45, 2.75) is 65.3 Å². The third kappa shape index (κ3) is 6.60. The second-order valence-corrected chi connectivity index (χ2v) is 5.52. The van der Waals surface area contributed by atoms with Gasteiger partial charge in [0.15, 0.2) is 24.6 Å². The highest BCUT2D eigenvalue weighted by atomic mass is 16.7. The molecule has 1 fully saturated rings. The number of hydrogen-bond donors (Lipinski definition) is 0. The second-order valence-electron chi connectivity index (χ2n) is 5.52. The Kier molecular flexibility index (Phi) is 8.46. The molecule has 0 spiro atoms. The van der Waals surface area contributed by atoms with Gasteiger partial charge in [-0.3, -0.25) is 19.2 Å². The van der Waals surface area contributed by atoms with Crippen LogP contribution in [0.3, 0.4) is 0 Å². The second kappa shape index (κ2) is 10.1. The third-order valence-corrected chi connectivity index (χ3v) is 3.28. The zero-order valence-corrected chi connectivity index (χ0v) is 15.4. The first kappa shape index (κ1) is 21.8. The molecule has 0 radical (unpaired) electrons. The third-order valence-electron chi connectivity index (χ3n) is 3.28. The van der Waals surface area contributed by atoms with Gasteiger partial charge in [-0.2, -0.15) is 0 Å². The van der Waals surface area contributed by atoms with E-state index in [4.69, 9.17) is 28.4 Å². The van der Waals surface area contributed by atoms with E-state index in [0.717, 1.165) is 0 Å². The van der Waals surface area contributed by atoms with Crippen molar-refractivity contribution in [3.8, 4) is 0 Å². The molecule has 26 heavy (non-hydrogen) atoms. The minimum absolute atomic E-state index is 0.226. The average molecular weight is 376 g/mol. The molecule has 10 heteroatoms. The lowest BCUT2D eigenvalue weighted by atomic mass is 10.1. The summed E-state index contributed by atoms with van der Waals surface area (Å²) < 4.78 is 31.5. The molecule has 1 rings (SSSR count). The number of ether oxygens (including phenoxy) is 6. The molecule has 0 amide bonds. The number of esters is 4. The maximum absolute atomic E-state index is 11.5. The van der Waals surface area contributed by atoms with Crippen LogP contribution in [0.4, 0.5) is 0 Å². The highest BCUT2D eigenvalue weighted by Crippen LogP contribution is 2.31. The Morgan fingerprint density at radius 1 is 0.885 bits per heavy atom. The van der Waals surface area contributed by atoms with E-state index < -0.39 is 54.6 Å². The Balaban J connectivity index is 3.13. The fourth-order valence-electron chi connectivity index (χ4n) is 2.50. The minimum atomic E-state index is -1.12. The summed E-state index contributed by atoms with van der Waals surface area (Å²) >= 11 is 0. The molecule has 148 valence electrons. The van der Waals surface area contributed by atoms with Gasteiger partial charge in [0.1, 0.15) is 12.7 Å². The van der Waals surface area contributed by atoms with Crippen LogP contribution in [0.15, 0.2) is 0 Å². The molecule has 5 atom stereocenters. The molecule has 10 nitrogen and oxygen atoms in total. The summed E-state index contributed by atoms with van der Waals surface area (Å²) in [6, 6.07) is 0. The summed E-state index contributed by atoms with van der Waals surface area (Å²) in [7, 11) is 0. The summed E-state index contributed by atoms with van der Waals surface area (Å²) in [5.74, 6) is -2.55. The van der Waals surface area contributed by atoms with Gasteiger partial charge in [0.2, 0.25) is 0 Å². The fourth-order valence-corrected chi connectivity index (χ4v) is 2.50. The zero-order valence-electron chi connectivity index (χ0n) is 15.4. The van der Waals surface area contributed by atoms with E-state index >= 15 is 0 Å². The molecule has 0 saturated carbocycles. The summed E-state index contributed by atoms with van der Waals surface area (Å²) in [6.45, 7) is 6.30. The van der Waals surface area contributed by atoms with E-state index in [0.29, 0.717) is 0 Å². The van der Waals surface area contributed by atoms with Crippen LogP contribution in [-0.2, 0) is 47.6 Å². The van der Waals surface area contributed by atoms with E-state index in [9.17, 15) is 19.2 Å². The number of carbonyl (C=O) groups is 4. The largest absolute Gasteiger partial charge is 0.462 e. The van der Waals surface area contributed by atoms with Crippen LogP contribution < -0.4 is 0 Å². The van der Waals surface area contributed by atoms with E-state index in [-0.39, 0.29) is 13.2 Å². The van der Waals surface area contributed by atoms with Crippen LogP contribution in [0.5, 0.6) is 0 Å². The summed E-state index contributed by atoms with van der Waals surface area (Å²) in [5, 5.41) is 0. The Labute approximate surface area is 151 Å². The van der Waals surface area contributed by atoms with Crippen LogP contribution in [0.2, 0.25) is 0 Å². The molecule has 1 saturated heterocycles. The van der Waals surface area contributed by atoms with Gasteiger partial charge in [-0.1, -0.05) is 0 Å². The zero-order chi connectivity index (χ0) is 19.9. The first-order chi connectivity index (χ1) is 12.1. The van der Waals surface area contributed by atoms with Gasteiger partial charge in [-0.25, -0.2) is 0 Å². The van der Waals surface area contributed by atoms with Crippen molar-refractivity contribution < 1.29 is 47.6 Å². The standard InChI is InChI=1S/C16H24O10/c1-6-21-16-15(25-11(5)20)14(24-10(4)19)13(26-16)12(23-9(3)18)7-22-8(2)17/h12-16H,6-7H2,1-5H3/t12-,13+,14+,15-,16-/m1/s1. The number of hydrogen-bond acceptors (Lipinski definition) is 10. The lowest BCUT2D eigenvalue weighted by molar-refractivity contribution is -0.198. The topological polar surface area (TPSA) is 124 Å². The van der Waals surface area contributed by atoms with Gasteiger partial charge in [0.05, 0.1) is 0 Å². The molecule has 0 N–H and O–H groups in total. The smallest absolute Gasteiger partial charge is 0.303 e. The molecular formula is C16H24O10. The van der Waals surface area contributed by atoms with Crippen LogP contribution in [0, 0.1) is 0 Å². The Morgan fingerprint density at radius 2 is 1.46 bits per heavy atom. The Hall–Kier alpha value is -2.20. The highest BCUT2D eigenvalue weighted by Gasteiger charge is 2.53. The summed E-state index contributed by atoms with van der Waals surface area (Å²) in [4.78, 5) is 45.4. The van der Waals surface area contributed by atoms with E-state index in [1.807, 2.05) is 0 Å². The van der Waals surface area contributed by atoms with Gasteiger partial charge < -0.3 is 28.4 Å². The fraction of sp³-hybridized carbons (Fsp3) is 0.750.